The maximum absolute atomic E-state index is 12.3. The number of hydrogen-bond donors (Lipinski definition) is 2. The van der Waals surface area contributed by atoms with Crippen LogP contribution in [0.1, 0.15) is 36.4 Å². The summed E-state index contributed by atoms with van der Waals surface area (Å²) in [6, 6.07) is 1.77. The Morgan fingerprint density at radius 2 is 1.95 bits per heavy atom. The molecule has 2 N–H and O–H groups in total. The van der Waals surface area contributed by atoms with Gasteiger partial charge in [-0.2, -0.15) is 0 Å². The summed E-state index contributed by atoms with van der Waals surface area (Å²) in [5, 5.41) is 3.04. The van der Waals surface area contributed by atoms with E-state index in [0.29, 0.717) is 23.9 Å². The van der Waals surface area contributed by atoms with Crippen molar-refractivity contribution in [1.82, 2.24) is 10.0 Å². The molecule has 0 aliphatic heterocycles. The van der Waals surface area contributed by atoms with E-state index in [0.717, 1.165) is 22.6 Å². The SMILES string of the molecule is CCC(CC)CNS(=O)(=O)c1cc(CNC)sc1C. The molecule has 1 heterocycles. The van der Waals surface area contributed by atoms with Crippen molar-refractivity contribution < 1.29 is 8.42 Å². The lowest BCUT2D eigenvalue weighted by atomic mass is 10.0. The molecule has 0 aliphatic carbocycles. The highest BCUT2D eigenvalue weighted by molar-refractivity contribution is 7.89. The summed E-state index contributed by atoms with van der Waals surface area (Å²) in [5.41, 5.74) is 0. The summed E-state index contributed by atoms with van der Waals surface area (Å²) in [5.74, 6) is 0.408. The van der Waals surface area contributed by atoms with Crippen LogP contribution in [-0.2, 0) is 16.6 Å². The number of rotatable bonds is 8. The van der Waals surface area contributed by atoms with Crippen LogP contribution in [0.2, 0.25) is 0 Å². The Bertz CT molecular complexity index is 491. The van der Waals surface area contributed by atoms with Crippen molar-refractivity contribution >= 4 is 21.4 Å². The largest absolute Gasteiger partial charge is 0.315 e. The molecular weight excluding hydrogens is 280 g/mol. The topological polar surface area (TPSA) is 58.2 Å². The van der Waals surface area contributed by atoms with Crippen molar-refractivity contribution in [1.29, 1.82) is 0 Å². The molecule has 110 valence electrons. The first-order valence-electron chi connectivity index (χ1n) is 6.68. The molecule has 0 unspecified atom stereocenters. The highest BCUT2D eigenvalue weighted by Crippen LogP contribution is 2.25. The fourth-order valence-electron chi connectivity index (χ4n) is 1.94. The number of hydrogen-bond acceptors (Lipinski definition) is 4. The minimum Gasteiger partial charge on any atom is -0.315 e. The van der Waals surface area contributed by atoms with Gasteiger partial charge >= 0.3 is 0 Å². The van der Waals surface area contributed by atoms with Gasteiger partial charge in [0, 0.05) is 22.8 Å². The van der Waals surface area contributed by atoms with Crippen LogP contribution in [0.3, 0.4) is 0 Å². The van der Waals surface area contributed by atoms with Crippen molar-refractivity contribution in [2.45, 2.75) is 45.1 Å². The maximum atomic E-state index is 12.3. The van der Waals surface area contributed by atoms with Gasteiger partial charge in [-0.05, 0) is 26.0 Å². The first-order chi connectivity index (χ1) is 8.94. The molecule has 0 radical (unpaired) electrons. The van der Waals surface area contributed by atoms with Crippen LogP contribution in [0.25, 0.3) is 0 Å². The summed E-state index contributed by atoms with van der Waals surface area (Å²) in [4.78, 5) is 2.32. The molecule has 0 bridgehead atoms. The standard InChI is InChI=1S/C13H24N2O2S2/c1-5-11(6-2)8-15-19(16,17)13-7-12(9-14-4)18-10(13)3/h7,11,14-15H,5-6,8-9H2,1-4H3. The zero-order valence-electron chi connectivity index (χ0n) is 12.1. The molecule has 0 amide bonds. The fourth-order valence-corrected chi connectivity index (χ4v) is 4.70. The molecule has 0 aromatic carbocycles. The fraction of sp³-hybridized carbons (Fsp3) is 0.692. The second kappa shape index (κ2) is 7.38. The summed E-state index contributed by atoms with van der Waals surface area (Å²) >= 11 is 1.53. The third-order valence-electron chi connectivity index (χ3n) is 3.28. The molecule has 0 saturated carbocycles. The normalized spacial score (nSPS) is 12.3. The first-order valence-corrected chi connectivity index (χ1v) is 8.98. The van der Waals surface area contributed by atoms with Gasteiger partial charge in [0.05, 0.1) is 4.90 Å². The Morgan fingerprint density at radius 3 is 2.47 bits per heavy atom. The quantitative estimate of drug-likeness (QED) is 0.776. The average Bonchev–Trinajstić information content (AvgIpc) is 2.73. The Kier molecular flexibility index (Phi) is 6.46. The van der Waals surface area contributed by atoms with E-state index in [4.69, 9.17) is 0 Å². The molecule has 0 saturated heterocycles. The third kappa shape index (κ3) is 4.56. The lowest BCUT2D eigenvalue weighted by Crippen LogP contribution is -2.29. The van der Waals surface area contributed by atoms with Crippen molar-refractivity contribution in [3.63, 3.8) is 0 Å². The molecule has 0 aliphatic rings. The Morgan fingerprint density at radius 1 is 1.32 bits per heavy atom. The Balaban J connectivity index is 2.82. The number of sulfonamides is 1. The lowest BCUT2D eigenvalue weighted by Gasteiger charge is -2.13. The molecule has 0 atom stereocenters. The van der Waals surface area contributed by atoms with Gasteiger partial charge in [-0.3, -0.25) is 0 Å². The smallest absolute Gasteiger partial charge is 0.241 e. The molecule has 1 aromatic heterocycles. The van der Waals surface area contributed by atoms with E-state index in [1.165, 1.54) is 11.3 Å². The van der Waals surface area contributed by atoms with Gasteiger partial charge in [0.25, 0.3) is 0 Å². The van der Waals surface area contributed by atoms with E-state index in [2.05, 4.69) is 23.9 Å². The van der Waals surface area contributed by atoms with Crippen LogP contribution in [0.15, 0.2) is 11.0 Å². The molecule has 6 heteroatoms. The van der Waals surface area contributed by atoms with Gasteiger partial charge in [-0.15, -0.1) is 11.3 Å². The summed E-state index contributed by atoms with van der Waals surface area (Å²) < 4.78 is 27.3. The molecule has 0 spiro atoms. The second-order valence-corrected chi connectivity index (χ2v) is 7.77. The molecular formula is C13H24N2O2S2. The average molecular weight is 304 g/mol. The first kappa shape index (κ1) is 16.6. The number of aryl methyl sites for hydroxylation is 1. The Labute approximate surface area is 120 Å². The van der Waals surface area contributed by atoms with Crippen molar-refractivity contribution in [3.8, 4) is 0 Å². The monoisotopic (exact) mass is 304 g/mol. The predicted molar refractivity (Wildman–Crippen MR) is 81.1 cm³/mol. The minimum atomic E-state index is -3.37. The summed E-state index contributed by atoms with van der Waals surface area (Å²) in [7, 11) is -1.52. The molecule has 1 aromatic rings. The van der Waals surface area contributed by atoms with E-state index in [1.807, 2.05) is 14.0 Å². The van der Waals surface area contributed by atoms with Crippen LogP contribution >= 0.6 is 11.3 Å². The van der Waals surface area contributed by atoms with Gasteiger partial charge in [0.1, 0.15) is 0 Å². The number of nitrogens with one attached hydrogen (secondary N) is 2. The van der Waals surface area contributed by atoms with Crippen LogP contribution < -0.4 is 10.0 Å². The van der Waals surface area contributed by atoms with Gasteiger partial charge in [-0.1, -0.05) is 26.7 Å². The summed E-state index contributed by atoms with van der Waals surface area (Å²) in [6.07, 6.45) is 1.99. The van der Waals surface area contributed by atoms with Crippen molar-refractivity contribution in [3.05, 3.63) is 15.8 Å². The van der Waals surface area contributed by atoms with E-state index in [-0.39, 0.29) is 0 Å². The van der Waals surface area contributed by atoms with E-state index in [9.17, 15) is 8.42 Å². The van der Waals surface area contributed by atoms with E-state index >= 15 is 0 Å². The second-order valence-electron chi connectivity index (χ2n) is 4.70. The molecule has 4 nitrogen and oxygen atoms in total. The zero-order chi connectivity index (χ0) is 14.5. The number of thiophene rings is 1. The third-order valence-corrected chi connectivity index (χ3v) is 6.01. The lowest BCUT2D eigenvalue weighted by molar-refractivity contribution is 0.479. The zero-order valence-corrected chi connectivity index (χ0v) is 13.7. The predicted octanol–water partition coefficient (Wildman–Crippen LogP) is 2.49. The highest BCUT2D eigenvalue weighted by Gasteiger charge is 2.20. The van der Waals surface area contributed by atoms with Gasteiger partial charge in [-0.25, -0.2) is 13.1 Å². The minimum absolute atomic E-state index is 0.408. The molecule has 1 rings (SSSR count). The highest BCUT2D eigenvalue weighted by atomic mass is 32.2. The maximum Gasteiger partial charge on any atom is 0.241 e. The van der Waals surface area contributed by atoms with Gasteiger partial charge in [0.2, 0.25) is 10.0 Å². The summed E-state index contributed by atoms with van der Waals surface area (Å²) in [6.45, 7) is 7.25. The van der Waals surface area contributed by atoms with E-state index in [1.54, 1.807) is 6.07 Å². The van der Waals surface area contributed by atoms with Crippen molar-refractivity contribution in [2.24, 2.45) is 5.92 Å². The molecule has 0 fully saturated rings. The van der Waals surface area contributed by atoms with E-state index < -0.39 is 10.0 Å². The molecule has 19 heavy (non-hydrogen) atoms. The Hall–Kier alpha value is -0.430. The van der Waals surface area contributed by atoms with Crippen LogP contribution in [-0.4, -0.2) is 22.0 Å². The van der Waals surface area contributed by atoms with Gasteiger partial charge in [0.15, 0.2) is 0 Å². The van der Waals surface area contributed by atoms with Crippen LogP contribution in [0.4, 0.5) is 0 Å². The van der Waals surface area contributed by atoms with Crippen LogP contribution in [0, 0.1) is 12.8 Å². The van der Waals surface area contributed by atoms with Gasteiger partial charge < -0.3 is 5.32 Å². The van der Waals surface area contributed by atoms with Crippen LogP contribution in [0.5, 0.6) is 0 Å². The van der Waals surface area contributed by atoms with Crippen molar-refractivity contribution in [2.75, 3.05) is 13.6 Å².